The van der Waals surface area contributed by atoms with Crippen LogP contribution in [0.5, 0.6) is 5.75 Å². The van der Waals surface area contributed by atoms with Crippen molar-refractivity contribution in [1.29, 1.82) is 0 Å². The summed E-state index contributed by atoms with van der Waals surface area (Å²) in [6.45, 7) is 3.80. The summed E-state index contributed by atoms with van der Waals surface area (Å²) >= 11 is 0. The normalized spacial score (nSPS) is 17.3. The number of rotatable bonds is 5. The van der Waals surface area contributed by atoms with Crippen molar-refractivity contribution in [3.63, 3.8) is 0 Å². The molecule has 7 heteroatoms. The van der Waals surface area contributed by atoms with E-state index in [1.54, 1.807) is 19.1 Å². The van der Waals surface area contributed by atoms with Crippen LogP contribution in [0.15, 0.2) is 29.4 Å². The standard InChI is InChI=1S/C14H17N3O4/c1-3-20-12(18)8-21-11-6-4-10(5-7-11)13-9(2)15-14(19)17-16-13/h4-7,9H,3,8H2,1-2H3,(H2,15,17,19). The zero-order valence-corrected chi connectivity index (χ0v) is 11.9. The average molecular weight is 291 g/mol. The second-order valence-corrected chi connectivity index (χ2v) is 4.42. The molecule has 7 nitrogen and oxygen atoms in total. The number of carbonyl (C=O) groups excluding carboxylic acids is 2. The molecule has 1 aliphatic heterocycles. The number of carbonyl (C=O) groups is 2. The number of nitrogens with zero attached hydrogens (tertiary/aromatic N) is 1. The number of benzene rings is 1. The van der Waals surface area contributed by atoms with Gasteiger partial charge in [-0.15, -0.1) is 0 Å². The number of esters is 1. The van der Waals surface area contributed by atoms with E-state index in [-0.39, 0.29) is 18.7 Å². The van der Waals surface area contributed by atoms with Gasteiger partial charge in [-0.1, -0.05) is 0 Å². The quantitative estimate of drug-likeness (QED) is 0.793. The molecule has 2 rings (SSSR count). The number of hydrogen-bond acceptors (Lipinski definition) is 5. The number of hydrazone groups is 1. The second kappa shape index (κ2) is 6.74. The first-order valence-corrected chi connectivity index (χ1v) is 6.63. The Kier molecular flexibility index (Phi) is 4.76. The summed E-state index contributed by atoms with van der Waals surface area (Å²) in [7, 11) is 0. The Morgan fingerprint density at radius 2 is 2.05 bits per heavy atom. The molecular weight excluding hydrogens is 274 g/mol. The Balaban J connectivity index is 1.99. The minimum atomic E-state index is -0.404. The molecule has 0 fully saturated rings. The minimum Gasteiger partial charge on any atom is -0.482 e. The summed E-state index contributed by atoms with van der Waals surface area (Å²) in [4.78, 5) is 22.3. The molecule has 21 heavy (non-hydrogen) atoms. The Hall–Kier alpha value is -2.57. The predicted molar refractivity (Wildman–Crippen MR) is 76.2 cm³/mol. The third-order valence-electron chi connectivity index (χ3n) is 2.85. The predicted octanol–water partition coefficient (Wildman–Crippen LogP) is 1.03. The van der Waals surface area contributed by atoms with E-state index in [2.05, 4.69) is 15.8 Å². The molecule has 1 unspecified atom stereocenters. The third-order valence-corrected chi connectivity index (χ3v) is 2.85. The first-order chi connectivity index (χ1) is 10.1. The highest BCUT2D eigenvalue weighted by molar-refractivity contribution is 6.07. The van der Waals surface area contributed by atoms with Gasteiger partial charge in [-0.2, -0.15) is 5.10 Å². The summed E-state index contributed by atoms with van der Waals surface area (Å²) in [5.74, 6) is 0.159. The van der Waals surface area contributed by atoms with Crippen LogP contribution in [-0.4, -0.2) is 37.0 Å². The third kappa shape index (κ3) is 3.95. The van der Waals surface area contributed by atoms with Crippen molar-refractivity contribution in [3.8, 4) is 5.75 Å². The van der Waals surface area contributed by atoms with Gasteiger partial charge < -0.3 is 14.8 Å². The van der Waals surface area contributed by atoms with E-state index >= 15 is 0 Å². The van der Waals surface area contributed by atoms with Gasteiger partial charge in [0, 0.05) is 5.56 Å². The smallest absolute Gasteiger partial charge is 0.344 e. The van der Waals surface area contributed by atoms with Gasteiger partial charge in [0.2, 0.25) is 0 Å². The highest BCUT2D eigenvalue weighted by atomic mass is 16.6. The summed E-state index contributed by atoms with van der Waals surface area (Å²) in [5.41, 5.74) is 3.96. The molecule has 1 aromatic carbocycles. The molecule has 0 aliphatic carbocycles. The van der Waals surface area contributed by atoms with Gasteiger partial charge in [0.1, 0.15) is 5.75 Å². The first-order valence-electron chi connectivity index (χ1n) is 6.63. The highest BCUT2D eigenvalue weighted by Crippen LogP contribution is 2.15. The Labute approximate surface area is 122 Å². The van der Waals surface area contributed by atoms with Gasteiger partial charge >= 0.3 is 12.0 Å². The van der Waals surface area contributed by atoms with Crippen molar-refractivity contribution in [2.24, 2.45) is 5.10 Å². The van der Waals surface area contributed by atoms with Gasteiger partial charge in [0.25, 0.3) is 0 Å². The molecule has 1 heterocycles. The zero-order valence-electron chi connectivity index (χ0n) is 11.9. The van der Waals surface area contributed by atoms with Crippen molar-refractivity contribution in [3.05, 3.63) is 29.8 Å². The van der Waals surface area contributed by atoms with Crippen LogP contribution in [0.25, 0.3) is 0 Å². The van der Waals surface area contributed by atoms with Gasteiger partial charge in [-0.25, -0.2) is 15.0 Å². The summed E-state index contributed by atoms with van der Waals surface area (Å²) in [6, 6.07) is 6.61. The highest BCUT2D eigenvalue weighted by Gasteiger charge is 2.20. The summed E-state index contributed by atoms with van der Waals surface area (Å²) in [5, 5.41) is 6.75. The van der Waals surface area contributed by atoms with Crippen LogP contribution >= 0.6 is 0 Å². The van der Waals surface area contributed by atoms with Gasteiger partial charge in [-0.3, -0.25) is 0 Å². The van der Waals surface area contributed by atoms with Gasteiger partial charge in [-0.05, 0) is 38.1 Å². The molecule has 0 saturated heterocycles. The minimum absolute atomic E-state index is 0.123. The molecule has 0 bridgehead atoms. The van der Waals surface area contributed by atoms with E-state index in [0.29, 0.717) is 12.4 Å². The van der Waals surface area contributed by atoms with Gasteiger partial charge in [0.15, 0.2) is 6.61 Å². The van der Waals surface area contributed by atoms with Crippen LogP contribution < -0.4 is 15.5 Å². The maximum absolute atomic E-state index is 11.2. The summed E-state index contributed by atoms with van der Waals surface area (Å²) < 4.78 is 10.1. The van der Waals surface area contributed by atoms with E-state index in [1.807, 2.05) is 19.1 Å². The van der Waals surface area contributed by atoms with Crippen LogP contribution in [0.4, 0.5) is 4.79 Å². The van der Waals surface area contributed by atoms with Crippen molar-refractivity contribution in [2.75, 3.05) is 13.2 Å². The van der Waals surface area contributed by atoms with Crippen molar-refractivity contribution in [2.45, 2.75) is 19.9 Å². The monoisotopic (exact) mass is 291 g/mol. The molecule has 1 aliphatic rings. The van der Waals surface area contributed by atoms with E-state index in [1.165, 1.54) is 0 Å². The second-order valence-electron chi connectivity index (χ2n) is 4.42. The van der Waals surface area contributed by atoms with Crippen molar-refractivity contribution >= 4 is 17.7 Å². The van der Waals surface area contributed by atoms with E-state index in [9.17, 15) is 9.59 Å². The molecule has 2 N–H and O–H groups in total. The van der Waals surface area contributed by atoms with Crippen molar-refractivity contribution < 1.29 is 19.1 Å². The van der Waals surface area contributed by atoms with Crippen LogP contribution in [0.1, 0.15) is 19.4 Å². The lowest BCUT2D eigenvalue weighted by molar-refractivity contribution is -0.145. The molecule has 112 valence electrons. The Bertz CT molecular complexity index is 554. The molecule has 2 amide bonds. The molecule has 0 spiro atoms. The SMILES string of the molecule is CCOC(=O)COc1ccc(C2=NNC(=O)NC2C)cc1. The lowest BCUT2D eigenvalue weighted by Gasteiger charge is -2.21. The van der Waals surface area contributed by atoms with Crippen LogP contribution in [0.3, 0.4) is 0 Å². The Morgan fingerprint density at radius 1 is 1.33 bits per heavy atom. The van der Waals surface area contributed by atoms with Crippen LogP contribution in [-0.2, 0) is 9.53 Å². The number of urea groups is 1. The molecule has 1 atom stereocenters. The summed E-state index contributed by atoms with van der Waals surface area (Å²) in [6.07, 6.45) is 0. The fourth-order valence-corrected chi connectivity index (χ4v) is 1.89. The van der Waals surface area contributed by atoms with Crippen molar-refractivity contribution in [1.82, 2.24) is 10.7 Å². The van der Waals surface area contributed by atoms with Crippen LogP contribution in [0, 0.1) is 0 Å². The lowest BCUT2D eigenvalue weighted by Crippen LogP contribution is -2.48. The number of nitrogens with one attached hydrogen (secondary N) is 2. The number of amides is 2. The maximum atomic E-state index is 11.2. The molecule has 1 aromatic rings. The molecule has 0 saturated carbocycles. The molecule has 0 aromatic heterocycles. The van der Waals surface area contributed by atoms with Gasteiger partial charge in [0.05, 0.1) is 18.4 Å². The maximum Gasteiger partial charge on any atom is 0.344 e. The van der Waals surface area contributed by atoms with Crippen LogP contribution in [0.2, 0.25) is 0 Å². The average Bonchev–Trinajstić information content (AvgIpc) is 2.46. The van der Waals surface area contributed by atoms with E-state index in [4.69, 9.17) is 9.47 Å². The molecular formula is C14H17N3O4. The lowest BCUT2D eigenvalue weighted by atomic mass is 10.0. The fraction of sp³-hybridized carbons (Fsp3) is 0.357. The Morgan fingerprint density at radius 3 is 2.67 bits per heavy atom. The fourth-order valence-electron chi connectivity index (χ4n) is 1.89. The first kappa shape index (κ1) is 14.8. The number of hydrogen-bond donors (Lipinski definition) is 2. The molecule has 0 radical (unpaired) electrons. The number of ether oxygens (including phenoxy) is 2. The largest absolute Gasteiger partial charge is 0.482 e. The van der Waals surface area contributed by atoms with E-state index < -0.39 is 5.97 Å². The topological polar surface area (TPSA) is 89.0 Å². The van der Waals surface area contributed by atoms with E-state index in [0.717, 1.165) is 11.3 Å². The zero-order chi connectivity index (χ0) is 15.2.